The largest absolute Gasteiger partial charge is 0.478 e. The van der Waals surface area contributed by atoms with Crippen molar-refractivity contribution in [3.63, 3.8) is 0 Å². The fourth-order valence-electron chi connectivity index (χ4n) is 1.41. The van der Waals surface area contributed by atoms with Gasteiger partial charge in [0.25, 0.3) is 5.69 Å². The molecule has 2 rings (SSSR count). The normalized spacial score (nSPS) is 15.2. The minimum atomic E-state index is -1.53. The van der Waals surface area contributed by atoms with Gasteiger partial charge in [-0.25, -0.2) is 9.18 Å². The summed E-state index contributed by atoms with van der Waals surface area (Å²) in [6.45, 7) is 0.897. The monoisotopic (exact) mass is 273 g/mol. The fraction of sp³-hybridized carbons (Fsp3) is 0.300. The summed E-state index contributed by atoms with van der Waals surface area (Å²) in [5, 5.41) is 19.6. The Morgan fingerprint density at radius 3 is 2.67 bits per heavy atom. The number of aromatic carboxylic acids is 1. The molecule has 18 heavy (non-hydrogen) atoms. The third-order valence-electron chi connectivity index (χ3n) is 2.38. The highest BCUT2D eigenvalue weighted by atomic mass is 32.2. The Hall–Kier alpha value is -1.67. The zero-order valence-corrected chi connectivity index (χ0v) is 9.78. The first-order valence-corrected chi connectivity index (χ1v) is 5.82. The van der Waals surface area contributed by atoms with Crippen molar-refractivity contribution >= 4 is 23.4 Å². The molecule has 96 valence electrons. The lowest BCUT2D eigenvalue weighted by Gasteiger charge is -2.25. The molecule has 1 aromatic carbocycles. The highest BCUT2D eigenvalue weighted by molar-refractivity contribution is 8.00. The van der Waals surface area contributed by atoms with Crippen LogP contribution in [0.3, 0.4) is 0 Å². The number of ether oxygens (including phenoxy) is 1. The molecule has 1 fully saturated rings. The Labute approximate surface area is 105 Å². The molecule has 1 saturated heterocycles. The molecule has 0 unspecified atom stereocenters. The number of nitro benzene ring substituents is 1. The topological polar surface area (TPSA) is 89.7 Å². The Morgan fingerprint density at radius 1 is 1.56 bits per heavy atom. The van der Waals surface area contributed by atoms with Crippen LogP contribution in [0, 0.1) is 15.9 Å². The lowest BCUT2D eigenvalue weighted by Crippen LogP contribution is -2.30. The van der Waals surface area contributed by atoms with Crippen LogP contribution in [0.25, 0.3) is 0 Å². The van der Waals surface area contributed by atoms with Crippen molar-refractivity contribution in [2.45, 2.75) is 10.1 Å². The van der Waals surface area contributed by atoms with Crippen LogP contribution in [-0.4, -0.2) is 34.5 Å². The summed E-state index contributed by atoms with van der Waals surface area (Å²) in [5.41, 5.74) is -1.10. The number of hydrogen-bond acceptors (Lipinski definition) is 5. The summed E-state index contributed by atoms with van der Waals surface area (Å²) in [5.74, 6) is -2.50. The van der Waals surface area contributed by atoms with E-state index in [1.807, 2.05) is 0 Å². The minimum Gasteiger partial charge on any atom is -0.478 e. The summed E-state index contributed by atoms with van der Waals surface area (Å²) in [6, 6.07) is 1.64. The van der Waals surface area contributed by atoms with Crippen LogP contribution < -0.4 is 0 Å². The second-order valence-electron chi connectivity index (χ2n) is 3.64. The van der Waals surface area contributed by atoms with Gasteiger partial charge in [-0.2, -0.15) is 0 Å². The van der Waals surface area contributed by atoms with E-state index in [4.69, 9.17) is 9.84 Å². The molecule has 0 saturated carbocycles. The lowest BCUT2D eigenvalue weighted by atomic mass is 10.2. The van der Waals surface area contributed by atoms with Crippen LogP contribution in [0.5, 0.6) is 0 Å². The molecular weight excluding hydrogens is 265 g/mol. The highest BCUT2D eigenvalue weighted by Crippen LogP contribution is 2.36. The zero-order chi connectivity index (χ0) is 13.3. The van der Waals surface area contributed by atoms with Gasteiger partial charge in [-0.15, -0.1) is 11.8 Å². The van der Waals surface area contributed by atoms with E-state index in [0.717, 1.165) is 23.9 Å². The Morgan fingerprint density at radius 2 is 2.22 bits per heavy atom. The number of halogens is 1. The maximum Gasteiger partial charge on any atom is 0.338 e. The van der Waals surface area contributed by atoms with Crippen molar-refractivity contribution in [1.29, 1.82) is 0 Å². The summed E-state index contributed by atoms with van der Waals surface area (Å²) in [7, 11) is 0. The first-order chi connectivity index (χ1) is 8.49. The van der Waals surface area contributed by atoms with Crippen molar-refractivity contribution in [3.05, 3.63) is 33.6 Å². The molecule has 0 amide bonds. The summed E-state index contributed by atoms with van der Waals surface area (Å²) >= 11 is 1.12. The van der Waals surface area contributed by atoms with Crippen LogP contribution in [0.15, 0.2) is 17.0 Å². The van der Waals surface area contributed by atoms with E-state index in [1.165, 1.54) is 0 Å². The van der Waals surface area contributed by atoms with Gasteiger partial charge >= 0.3 is 5.97 Å². The average molecular weight is 273 g/mol. The fourth-order valence-corrected chi connectivity index (χ4v) is 2.52. The van der Waals surface area contributed by atoms with Gasteiger partial charge in [0.1, 0.15) is 11.4 Å². The van der Waals surface area contributed by atoms with Crippen molar-refractivity contribution in [3.8, 4) is 0 Å². The first kappa shape index (κ1) is 12.8. The molecule has 0 atom stereocenters. The van der Waals surface area contributed by atoms with E-state index in [-0.39, 0.29) is 10.1 Å². The van der Waals surface area contributed by atoms with Crippen molar-refractivity contribution in [2.24, 2.45) is 0 Å². The van der Waals surface area contributed by atoms with Gasteiger partial charge < -0.3 is 9.84 Å². The smallest absolute Gasteiger partial charge is 0.338 e. The van der Waals surface area contributed by atoms with Crippen LogP contribution in [0.4, 0.5) is 10.1 Å². The number of nitro groups is 1. The minimum absolute atomic E-state index is 0.0405. The number of carbonyl (C=O) groups is 1. The molecule has 0 aromatic heterocycles. The molecule has 1 N–H and O–H groups in total. The number of carboxylic acids is 1. The van der Waals surface area contributed by atoms with E-state index in [0.29, 0.717) is 13.2 Å². The van der Waals surface area contributed by atoms with Gasteiger partial charge in [0, 0.05) is 6.07 Å². The van der Waals surface area contributed by atoms with Gasteiger partial charge in [0.15, 0.2) is 0 Å². The molecule has 1 aromatic rings. The highest BCUT2D eigenvalue weighted by Gasteiger charge is 2.27. The number of benzene rings is 1. The molecule has 1 aliphatic rings. The van der Waals surface area contributed by atoms with E-state index in [9.17, 15) is 19.3 Å². The number of thioether (sulfide) groups is 1. The number of nitrogens with zero attached hydrogens (tertiary/aromatic N) is 1. The molecule has 1 aliphatic heterocycles. The SMILES string of the molecule is O=C(O)c1cc([N+](=O)[O-])c(SC2COC2)cc1F. The second kappa shape index (κ2) is 4.91. The van der Waals surface area contributed by atoms with Crippen molar-refractivity contribution in [1.82, 2.24) is 0 Å². The van der Waals surface area contributed by atoms with Gasteiger partial charge in [0.05, 0.1) is 28.3 Å². The summed E-state index contributed by atoms with van der Waals surface area (Å²) in [6.07, 6.45) is 0. The standard InChI is InChI=1S/C10H8FNO5S/c11-7-2-9(18-5-3-17-4-5)8(12(15)16)1-6(7)10(13)14/h1-2,5H,3-4H2,(H,13,14). The van der Waals surface area contributed by atoms with Crippen LogP contribution >= 0.6 is 11.8 Å². The average Bonchev–Trinajstić information content (AvgIpc) is 2.22. The predicted octanol–water partition coefficient (Wildman–Crippen LogP) is 1.92. The maximum atomic E-state index is 13.5. The van der Waals surface area contributed by atoms with E-state index in [2.05, 4.69) is 0 Å². The predicted molar refractivity (Wildman–Crippen MR) is 60.5 cm³/mol. The van der Waals surface area contributed by atoms with E-state index >= 15 is 0 Å². The van der Waals surface area contributed by atoms with Gasteiger partial charge in [0.2, 0.25) is 0 Å². The quantitative estimate of drug-likeness (QED) is 0.666. The first-order valence-electron chi connectivity index (χ1n) is 4.94. The van der Waals surface area contributed by atoms with E-state index in [1.54, 1.807) is 0 Å². The van der Waals surface area contributed by atoms with Crippen LogP contribution in [0.1, 0.15) is 10.4 Å². The molecule has 0 bridgehead atoms. The van der Waals surface area contributed by atoms with Gasteiger partial charge in [-0.05, 0) is 6.07 Å². The lowest BCUT2D eigenvalue weighted by molar-refractivity contribution is -0.387. The molecule has 6 nitrogen and oxygen atoms in total. The van der Waals surface area contributed by atoms with Gasteiger partial charge in [-0.1, -0.05) is 0 Å². The Bertz CT molecular complexity index is 517. The molecule has 0 radical (unpaired) electrons. The Balaban J connectivity index is 2.40. The van der Waals surface area contributed by atoms with Crippen molar-refractivity contribution in [2.75, 3.05) is 13.2 Å². The van der Waals surface area contributed by atoms with Crippen LogP contribution in [-0.2, 0) is 4.74 Å². The summed E-state index contributed by atoms with van der Waals surface area (Å²) in [4.78, 5) is 21.0. The molecule has 0 spiro atoms. The summed E-state index contributed by atoms with van der Waals surface area (Å²) < 4.78 is 18.4. The maximum absolute atomic E-state index is 13.5. The second-order valence-corrected chi connectivity index (χ2v) is 4.98. The van der Waals surface area contributed by atoms with Crippen molar-refractivity contribution < 1.29 is 24.0 Å². The molecule has 1 heterocycles. The zero-order valence-electron chi connectivity index (χ0n) is 8.96. The number of hydrogen-bond donors (Lipinski definition) is 1. The number of rotatable bonds is 4. The van der Waals surface area contributed by atoms with Gasteiger partial charge in [-0.3, -0.25) is 10.1 Å². The Kier molecular flexibility index (Phi) is 3.48. The molecule has 8 heteroatoms. The van der Waals surface area contributed by atoms with Crippen LogP contribution in [0.2, 0.25) is 0 Å². The van der Waals surface area contributed by atoms with E-state index < -0.39 is 28.0 Å². The third kappa shape index (κ3) is 2.44. The molecular formula is C10H8FNO5S. The third-order valence-corrected chi connectivity index (χ3v) is 3.56. The number of carboxylic acid groups (broad SMARTS) is 1. The molecule has 0 aliphatic carbocycles.